The Bertz CT molecular complexity index is 527. The van der Waals surface area contributed by atoms with E-state index in [1.54, 1.807) is 12.1 Å². The number of rotatable bonds is 4. The molecule has 94 valence electrons. The highest BCUT2D eigenvalue weighted by Crippen LogP contribution is 2.12. The topological polar surface area (TPSA) is 63.8 Å². The second-order valence-electron chi connectivity index (χ2n) is 3.74. The van der Waals surface area contributed by atoms with Gasteiger partial charge in [0.05, 0.1) is 0 Å². The molecule has 0 fully saturated rings. The SMILES string of the molecule is Nc1nc(Cl)cc(NCCc2cccc(F)c2)n1. The maximum atomic E-state index is 12.9. The molecule has 0 saturated heterocycles. The first-order chi connectivity index (χ1) is 8.63. The second-order valence-corrected chi connectivity index (χ2v) is 4.13. The van der Waals surface area contributed by atoms with Crippen molar-refractivity contribution in [3.05, 3.63) is 46.9 Å². The highest BCUT2D eigenvalue weighted by atomic mass is 35.5. The number of aromatic nitrogens is 2. The monoisotopic (exact) mass is 266 g/mol. The summed E-state index contributed by atoms with van der Waals surface area (Å²) in [4.78, 5) is 7.73. The Morgan fingerprint density at radius 2 is 2.11 bits per heavy atom. The van der Waals surface area contributed by atoms with Crippen LogP contribution in [0.4, 0.5) is 16.2 Å². The molecule has 6 heteroatoms. The number of nitrogens with two attached hydrogens (primary N) is 1. The van der Waals surface area contributed by atoms with Crippen LogP contribution in [0.2, 0.25) is 5.15 Å². The number of hydrogen-bond acceptors (Lipinski definition) is 4. The minimum Gasteiger partial charge on any atom is -0.370 e. The van der Waals surface area contributed by atoms with Gasteiger partial charge in [0.15, 0.2) is 0 Å². The molecule has 0 spiro atoms. The van der Waals surface area contributed by atoms with E-state index in [2.05, 4.69) is 15.3 Å². The predicted molar refractivity (Wildman–Crippen MR) is 70.0 cm³/mol. The number of nitrogens with one attached hydrogen (secondary N) is 1. The molecule has 0 aliphatic heterocycles. The number of nitrogen functional groups attached to an aromatic ring is 1. The number of halogens is 2. The molecule has 1 aromatic heterocycles. The summed E-state index contributed by atoms with van der Waals surface area (Å²) in [7, 11) is 0. The van der Waals surface area contributed by atoms with Crippen LogP contribution in [-0.4, -0.2) is 16.5 Å². The predicted octanol–water partition coefficient (Wildman–Crippen LogP) is 2.51. The van der Waals surface area contributed by atoms with Gasteiger partial charge < -0.3 is 11.1 Å². The average Bonchev–Trinajstić information content (AvgIpc) is 2.27. The molecular formula is C12H12ClFN4. The van der Waals surface area contributed by atoms with E-state index in [1.165, 1.54) is 12.1 Å². The van der Waals surface area contributed by atoms with E-state index in [4.69, 9.17) is 17.3 Å². The van der Waals surface area contributed by atoms with E-state index >= 15 is 0 Å². The van der Waals surface area contributed by atoms with Crippen molar-refractivity contribution >= 4 is 23.4 Å². The van der Waals surface area contributed by atoms with E-state index in [0.29, 0.717) is 18.8 Å². The highest BCUT2D eigenvalue weighted by molar-refractivity contribution is 6.29. The summed E-state index contributed by atoms with van der Waals surface area (Å²) in [5.74, 6) is 0.446. The molecule has 0 atom stereocenters. The summed E-state index contributed by atoms with van der Waals surface area (Å²) in [5, 5.41) is 3.34. The Morgan fingerprint density at radius 1 is 1.28 bits per heavy atom. The summed E-state index contributed by atoms with van der Waals surface area (Å²) in [6, 6.07) is 8.06. The van der Waals surface area contributed by atoms with Gasteiger partial charge in [-0.1, -0.05) is 23.7 Å². The number of hydrogen-bond donors (Lipinski definition) is 2. The molecule has 4 nitrogen and oxygen atoms in total. The third-order valence-electron chi connectivity index (χ3n) is 2.32. The minimum atomic E-state index is -0.234. The average molecular weight is 267 g/mol. The first-order valence-electron chi connectivity index (χ1n) is 5.42. The van der Waals surface area contributed by atoms with Crippen molar-refractivity contribution in [2.24, 2.45) is 0 Å². The zero-order chi connectivity index (χ0) is 13.0. The second kappa shape index (κ2) is 5.64. The molecule has 0 amide bonds. The van der Waals surface area contributed by atoms with Crippen molar-refractivity contribution < 1.29 is 4.39 Å². The number of benzene rings is 1. The molecule has 1 heterocycles. The van der Waals surface area contributed by atoms with Gasteiger partial charge in [-0.05, 0) is 24.1 Å². The first kappa shape index (κ1) is 12.6. The maximum Gasteiger partial charge on any atom is 0.223 e. The van der Waals surface area contributed by atoms with Gasteiger partial charge in [0.2, 0.25) is 5.95 Å². The van der Waals surface area contributed by atoms with Gasteiger partial charge in [0.25, 0.3) is 0 Å². The zero-order valence-electron chi connectivity index (χ0n) is 9.53. The Morgan fingerprint density at radius 3 is 2.83 bits per heavy atom. The summed E-state index contributed by atoms with van der Waals surface area (Å²) in [5.41, 5.74) is 6.38. The Labute approximate surface area is 109 Å². The minimum absolute atomic E-state index is 0.121. The molecule has 2 aromatic rings. The maximum absolute atomic E-state index is 12.9. The molecule has 0 bridgehead atoms. The quantitative estimate of drug-likeness (QED) is 0.835. The molecular weight excluding hydrogens is 255 g/mol. The zero-order valence-corrected chi connectivity index (χ0v) is 10.3. The van der Waals surface area contributed by atoms with E-state index in [-0.39, 0.29) is 16.9 Å². The summed E-state index contributed by atoms with van der Waals surface area (Å²) in [6.45, 7) is 0.607. The van der Waals surface area contributed by atoms with Crippen LogP contribution in [0.25, 0.3) is 0 Å². The van der Waals surface area contributed by atoms with Crippen LogP contribution < -0.4 is 11.1 Å². The lowest BCUT2D eigenvalue weighted by Crippen LogP contribution is -2.08. The van der Waals surface area contributed by atoms with Crippen molar-refractivity contribution in [3.8, 4) is 0 Å². The fraction of sp³-hybridized carbons (Fsp3) is 0.167. The smallest absolute Gasteiger partial charge is 0.223 e. The summed E-state index contributed by atoms with van der Waals surface area (Å²) in [6.07, 6.45) is 0.680. The van der Waals surface area contributed by atoms with Crippen LogP contribution in [0, 0.1) is 5.82 Å². The van der Waals surface area contributed by atoms with E-state index in [1.807, 2.05) is 6.07 Å². The van der Waals surface area contributed by atoms with Crippen molar-refractivity contribution in [2.45, 2.75) is 6.42 Å². The van der Waals surface area contributed by atoms with E-state index in [0.717, 1.165) is 5.56 Å². The van der Waals surface area contributed by atoms with Crippen molar-refractivity contribution in [1.29, 1.82) is 0 Å². The Hall–Kier alpha value is -1.88. The molecule has 1 aromatic carbocycles. The van der Waals surface area contributed by atoms with Crippen LogP contribution >= 0.6 is 11.6 Å². The van der Waals surface area contributed by atoms with Gasteiger partial charge in [-0.15, -0.1) is 0 Å². The molecule has 2 rings (SSSR count). The van der Waals surface area contributed by atoms with Gasteiger partial charge in [-0.3, -0.25) is 0 Å². The largest absolute Gasteiger partial charge is 0.370 e. The number of anilines is 2. The summed E-state index contributed by atoms with van der Waals surface area (Å²) >= 11 is 5.75. The number of nitrogens with zero attached hydrogens (tertiary/aromatic N) is 2. The molecule has 0 aliphatic rings. The van der Waals surface area contributed by atoms with Gasteiger partial charge in [-0.2, -0.15) is 4.98 Å². The fourth-order valence-corrected chi connectivity index (χ4v) is 1.74. The van der Waals surface area contributed by atoms with Crippen molar-refractivity contribution in [2.75, 3.05) is 17.6 Å². The van der Waals surface area contributed by atoms with Gasteiger partial charge in [0, 0.05) is 12.6 Å². The standard InChI is InChI=1S/C12H12ClFN4/c13-10-7-11(18-12(15)17-10)16-5-4-8-2-1-3-9(14)6-8/h1-3,6-7H,4-5H2,(H3,15,16,17,18). The van der Waals surface area contributed by atoms with Crippen molar-refractivity contribution in [1.82, 2.24) is 9.97 Å². The van der Waals surface area contributed by atoms with Gasteiger partial charge in [-0.25, -0.2) is 9.37 Å². The van der Waals surface area contributed by atoms with E-state index < -0.39 is 0 Å². The van der Waals surface area contributed by atoms with Crippen LogP contribution in [-0.2, 0) is 6.42 Å². The third kappa shape index (κ3) is 3.56. The van der Waals surface area contributed by atoms with Crippen LogP contribution in [0.1, 0.15) is 5.56 Å². The lowest BCUT2D eigenvalue weighted by molar-refractivity contribution is 0.625. The Kier molecular flexibility index (Phi) is 3.94. The molecule has 3 N–H and O–H groups in total. The lowest BCUT2D eigenvalue weighted by atomic mass is 10.1. The first-order valence-corrected chi connectivity index (χ1v) is 5.79. The molecule has 0 aliphatic carbocycles. The molecule has 18 heavy (non-hydrogen) atoms. The highest BCUT2D eigenvalue weighted by Gasteiger charge is 2.00. The normalized spacial score (nSPS) is 10.3. The van der Waals surface area contributed by atoms with Crippen LogP contribution in [0.3, 0.4) is 0 Å². The molecule has 0 unspecified atom stereocenters. The van der Waals surface area contributed by atoms with Crippen molar-refractivity contribution in [3.63, 3.8) is 0 Å². The Balaban J connectivity index is 1.92. The summed E-state index contributed by atoms with van der Waals surface area (Å²) < 4.78 is 12.9. The van der Waals surface area contributed by atoms with Crippen LogP contribution in [0.5, 0.6) is 0 Å². The third-order valence-corrected chi connectivity index (χ3v) is 2.51. The lowest BCUT2D eigenvalue weighted by Gasteiger charge is -2.06. The van der Waals surface area contributed by atoms with Gasteiger partial charge >= 0.3 is 0 Å². The van der Waals surface area contributed by atoms with Crippen LogP contribution in [0.15, 0.2) is 30.3 Å². The molecule has 0 saturated carbocycles. The van der Waals surface area contributed by atoms with Gasteiger partial charge in [0.1, 0.15) is 16.8 Å². The fourth-order valence-electron chi connectivity index (χ4n) is 1.55. The van der Waals surface area contributed by atoms with E-state index in [9.17, 15) is 4.39 Å². The molecule has 0 radical (unpaired) electrons.